The monoisotopic (exact) mass is 544 g/mol. The molecule has 0 amide bonds. The molecule has 4 aromatic carbocycles. The molecule has 6 rings (SSSR count). The van der Waals surface area contributed by atoms with E-state index in [1.807, 2.05) is 60.7 Å². The van der Waals surface area contributed by atoms with Crippen LogP contribution in [-0.2, 0) is 13.1 Å². The van der Waals surface area contributed by atoms with Crippen molar-refractivity contribution in [2.45, 2.75) is 25.4 Å². The Hall–Kier alpha value is -5.37. The largest absolute Gasteiger partial charge is 0.478 e. The number of aromatic carboxylic acids is 1. The fourth-order valence-corrected chi connectivity index (χ4v) is 5.51. The van der Waals surface area contributed by atoms with Crippen molar-refractivity contribution in [2.24, 2.45) is 0 Å². The lowest BCUT2D eigenvalue weighted by atomic mass is 9.88. The van der Waals surface area contributed by atoms with Gasteiger partial charge >= 0.3 is 5.97 Å². The molecule has 2 aromatic heterocycles. The first-order valence-electron chi connectivity index (χ1n) is 13.2. The molecule has 0 aliphatic carbocycles. The second-order valence-corrected chi connectivity index (χ2v) is 10.1. The van der Waals surface area contributed by atoms with Crippen LogP contribution in [0.15, 0.2) is 116 Å². The van der Waals surface area contributed by atoms with E-state index >= 15 is 0 Å². The van der Waals surface area contributed by atoms with E-state index in [1.165, 1.54) is 41.0 Å². The minimum absolute atomic E-state index is 0.0343. The van der Waals surface area contributed by atoms with E-state index < -0.39 is 28.2 Å². The van der Waals surface area contributed by atoms with Gasteiger partial charge in [0.1, 0.15) is 0 Å². The van der Waals surface area contributed by atoms with Gasteiger partial charge in [-0.25, -0.2) is 4.79 Å². The Morgan fingerprint density at radius 3 is 1.49 bits per heavy atom. The van der Waals surface area contributed by atoms with Gasteiger partial charge in [0, 0.05) is 12.5 Å². The number of rotatable bonds is 8. The van der Waals surface area contributed by atoms with Crippen LogP contribution in [0, 0.1) is 0 Å². The van der Waals surface area contributed by atoms with E-state index in [0.717, 1.165) is 15.7 Å². The zero-order chi connectivity index (χ0) is 28.7. The summed E-state index contributed by atoms with van der Waals surface area (Å²) in [5.74, 6) is -1.11. The maximum Gasteiger partial charge on any atom is 0.335 e. The molecule has 0 spiro atoms. The van der Waals surface area contributed by atoms with Gasteiger partial charge in [-0.1, -0.05) is 72.8 Å². The van der Waals surface area contributed by atoms with Crippen molar-refractivity contribution in [3.8, 4) is 0 Å². The van der Waals surface area contributed by atoms with Crippen LogP contribution in [0.4, 0.5) is 0 Å². The van der Waals surface area contributed by atoms with Crippen LogP contribution in [0.5, 0.6) is 0 Å². The first-order valence-corrected chi connectivity index (χ1v) is 13.2. The molecule has 0 bridgehead atoms. The van der Waals surface area contributed by atoms with Crippen LogP contribution in [0.1, 0.15) is 39.4 Å². The van der Waals surface area contributed by atoms with Crippen molar-refractivity contribution >= 4 is 27.5 Å². The van der Waals surface area contributed by atoms with Crippen molar-refractivity contribution in [1.29, 1.82) is 0 Å². The molecule has 0 fully saturated rings. The summed E-state index contributed by atoms with van der Waals surface area (Å²) in [4.78, 5) is 64.3. The van der Waals surface area contributed by atoms with Crippen molar-refractivity contribution in [1.82, 2.24) is 9.13 Å². The van der Waals surface area contributed by atoms with Gasteiger partial charge in [0.05, 0.1) is 33.7 Å². The summed E-state index contributed by atoms with van der Waals surface area (Å²) < 4.78 is 2.22. The highest BCUT2D eigenvalue weighted by Gasteiger charge is 2.21. The predicted molar refractivity (Wildman–Crippen MR) is 157 cm³/mol. The lowest BCUT2D eigenvalue weighted by molar-refractivity contribution is 0.0697. The summed E-state index contributed by atoms with van der Waals surface area (Å²) in [7, 11) is 0. The highest BCUT2D eigenvalue weighted by atomic mass is 16.4. The number of hydrogen-bond acceptors (Lipinski definition) is 5. The van der Waals surface area contributed by atoms with Gasteiger partial charge in [-0.3, -0.25) is 28.3 Å². The second-order valence-electron chi connectivity index (χ2n) is 10.1. The maximum absolute atomic E-state index is 13.4. The Labute approximate surface area is 232 Å². The molecule has 2 heterocycles. The minimum Gasteiger partial charge on any atom is -0.478 e. The summed E-state index contributed by atoms with van der Waals surface area (Å²) in [5, 5.41) is 9.46. The summed E-state index contributed by atoms with van der Waals surface area (Å²) in [5.41, 5.74) is 0.691. The van der Waals surface area contributed by atoms with Crippen molar-refractivity contribution in [3.63, 3.8) is 0 Å². The number of carbonyl (C=O) groups is 1. The molecule has 0 saturated carbocycles. The number of benzene rings is 4. The summed E-state index contributed by atoms with van der Waals surface area (Å²) in [6.07, 6.45) is 0.505. The number of nitrogens with zero attached hydrogens (tertiary/aromatic N) is 2. The van der Waals surface area contributed by atoms with E-state index in [0.29, 0.717) is 12.0 Å². The molecule has 0 radical (unpaired) electrons. The van der Waals surface area contributed by atoms with Crippen LogP contribution in [0.25, 0.3) is 21.5 Å². The first-order chi connectivity index (χ1) is 19.8. The van der Waals surface area contributed by atoms with Crippen LogP contribution in [0.2, 0.25) is 0 Å². The quantitative estimate of drug-likeness (QED) is 0.311. The molecule has 6 aromatic rings. The highest BCUT2D eigenvalue weighted by Crippen LogP contribution is 2.28. The van der Waals surface area contributed by atoms with Gasteiger partial charge < -0.3 is 5.11 Å². The van der Waals surface area contributed by atoms with Crippen LogP contribution in [0.3, 0.4) is 0 Å². The normalized spacial score (nSPS) is 11.5. The highest BCUT2D eigenvalue weighted by molar-refractivity contribution is 5.97. The lowest BCUT2D eigenvalue weighted by Gasteiger charge is -2.18. The van der Waals surface area contributed by atoms with E-state index in [2.05, 4.69) is 0 Å². The van der Waals surface area contributed by atoms with Gasteiger partial charge in [-0.2, -0.15) is 0 Å². The summed E-state index contributed by atoms with van der Waals surface area (Å²) >= 11 is 0. The van der Waals surface area contributed by atoms with Crippen LogP contribution >= 0.6 is 0 Å². The van der Waals surface area contributed by atoms with Crippen molar-refractivity contribution in [2.75, 3.05) is 0 Å². The zero-order valence-electron chi connectivity index (χ0n) is 21.8. The number of hydrogen-bond donors (Lipinski definition) is 1. The molecule has 8 nitrogen and oxygen atoms in total. The number of carboxylic acids is 1. The average molecular weight is 545 g/mol. The molecule has 0 unspecified atom stereocenters. The van der Waals surface area contributed by atoms with Crippen molar-refractivity contribution in [3.05, 3.63) is 161 Å². The molecule has 41 heavy (non-hydrogen) atoms. The topological polar surface area (TPSA) is 115 Å². The minimum atomic E-state index is -1.08. The van der Waals surface area contributed by atoms with Crippen LogP contribution in [-0.4, -0.2) is 20.2 Å². The summed E-state index contributed by atoms with van der Waals surface area (Å²) in [6, 6.07) is 28.4. The van der Waals surface area contributed by atoms with Gasteiger partial charge in [0.2, 0.25) is 0 Å². The smallest absolute Gasteiger partial charge is 0.335 e. The number of aromatic nitrogens is 2. The third kappa shape index (κ3) is 4.59. The van der Waals surface area contributed by atoms with E-state index in [1.54, 1.807) is 0 Å². The molecule has 1 N–H and O–H groups in total. The van der Waals surface area contributed by atoms with Crippen molar-refractivity contribution < 1.29 is 9.90 Å². The number of carboxylic acid groups (broad SMARTS) is 1. The fourth-order valence-electron chi connectivity index (χ4n) is 5.51. The second kappa shape index (κ2) is 10.3. The fraction of sp³-hybridized carbons (Fsp3) is 0.121. The average Bonchev–Trinajstić information content (AvgIpc) is 3.37. The molecule has 0 atom stereocenters. The maximum atomic E-state index is 13.4. The van der Waals surface area contributed by atoms with E-state index in [-0.39, 0.29) is 46.1 Å². The van der Waals surface area contributed by atoms with E-state index in [4.69, 9.17) is 5.11 Å². The SMILES string of the molecule is O=C(O)c1ccc(Cn2c(=O)c3cc4c(=O)n(CCC(c5ccccc5)c5ccccc5)c(=O)c4cc3c2=O)cc1. The Morgan fingerprint density at radius 1 is 0.610 bits per heavy atom. The molecule has 202 valence electrons. The Morgan fingerprint density at radius 2 is 1.05 bits per heavy atom. The molecular weight excluding hydrogens is 520 g/mol. The molecule has 0 aliphatic heterocycles. The zero-order valence-corrected chi connectivity index (χ0v) is 21.8. The molecule has 8 heteroatoms. The number of fused-ring (bicyclic) bond motifs is 2. The van der Waals surface area contributed by atoms with Gasteiger partial charge in [0.15, 0.2) is 0 Å². The van der Waals surface area contributed by atoms with Gasteiger partial charge in [-0.05, 0) is 47.4 Å². The lowest BCUT2D eigenvalue weighted by Crippen LogP contribution is -2.27. The predicted octanol–water partition coefficient (Wildman–Crippen LogP) is 3.88. The Bertz CT molecular complexity index is 2000. The van der Waals surface area contributed by atoms with Gasteiger partial charge in [-0.15, -0.1) is 0 Å². The third-order valence-electron chi connectivity index (χ3n) is 7.65. The molecule has 0 saturated heterocycles. The Kier molecular flexibility index (Phi) is 6.51. The van der Waals surface area contributed by atoms with E-state index in [9.17, 15) is 24.0 Å². The molecular formula is C33H24N2O6. The van der Waals surface area contributed by atoms with Crippen LogP contribution < -0.4 is 22.2 Å². The first kappa shape index (κ1) is 25.9. The third-order valence-corrected chi connectivity index (χ3v) is 7.65. The Balaban J connectivity index is 1.36. The summed E-state index contributed by atoms with van der Waals surface area (Å²) in [6.45, 7) is 0.108. The van der Waals surface area contributed by atoms with Gasteiger partial charge in [0.25, 0.3) is 22.2 Å². The standard InChI is InChI=1S/C33H24N2O6/c36-29-25-17-27-28(32(39)35(31(27)38)19-20-11-13-23(14-12-20)33(40)41)18-26(25)30(37)34(29)16-15-24(21-7-3-1-4-8-21)22-9-5-2-6-10-22/h1-14,17-18,24H,15-16,19H2,(H,40,41). The molecule has 0 aliphatic rings.